The van der Waals surface area contributed by atoms with E-state index in [9.17, 15) is 5.11 Å². The Bertz CT molecular complexity index is 396. The van der Waals surface area contributed by atoms with Crippen molar-refractivity contribution in [2.24, 2.45) is 5.73 Å². The summed E-state index contributed by atoms with van der Waals surface area (Å²) in [5.74, 6) is 0.755. The summed E-state index contributed by atoms with van der Waals surface area (Å²) in [6, 6.07) is 7.42. The fourth-order valence-corrected chi connectivity index (χ4v) is 1.73. The summed E-state index contributed by atoms with van der Waals surface area (Å²) in [6.07, 6.45) is -0.326. The van der Waals surface area contributed by atoms with Crippen LogP contribution in [0.4, 0.5) is 0 Å². The molecule has 1 atom stereocenters. The zero-order valence-corrected chi connectivity index (χ0v) is 11.6. The lowest BCUT2D eigenvalue weighted by atomic mass is 10.2. The van der Waals surface area contributed by atoms with Crippen molar-refractivity contribution < 1.29 is 9.84 Å². The molecule has 1 unspecified atom stereocenters. The Morgan fingerprint density at radius 1 is 1.56 bits per heavy atom. The zero-order valence-electron chi connectivity index (χ0n) is 10.8. The van der Waals surface area contributed by atoms with Gasteiger partial charge >= 0.3 is 0 Å². The summed E-state index contributed by atoms with van der Waals surface area (Å²) in [5.41, 5.74) is 6.36. The molecule has 3 N–H and O–H groups in total. The Balaban J connectivity index is 2.39. The van der Waals surface area contributed by atoms with Crippen LogP contribution in [0.3, 0.4) is 0 Å². The Kier molecular flexibility index (Phi) is 6.04. The van der Waals surface area contributed by atoms with Crippen LogP contribution in [-0.2, 0) is 0 Å². The van der Waals surface area contributed by atoms with E-state index in [1.165, 1.54) is 0 Å². The van der Waals surface area contributed by atoms with E-state index < -0.39 is 0 Å². The third kappa shape index (κ3) is 5.44. The van der Waals surface area contributed by atoms with E-state index in [2.05, 4.69) is 0 Å². The summed E-state index contributed by atoms with van der Waals surface area (Å²) in [4.78, 5) is 2.38. The van der Waals surface area contributed by atoms with Crippen LogP contribution in [0.1, 0.15) is 12.5 Å². The highest BCUT2D eigenvalue weighted by Gasteiger charge is 2.03. The largest absolute Gasteiger partial charge is 0.492 e. The number of hydrogen-bond donors (Lipinski definition) is 2. The zero-order chi connectivity index (χ0) is 13.5. The van der Waals surface area contributed by atoms with Crippen molar-refractivity contribution in [1.29, 1.82) is 0 Å². The molecule has 0 saturated carbocycles. The van der Waals surface area contributed by atoms with Gasteiger partial charge in [0.1, 0.15) is 17.3 Å². The fourth-order valence-electron chi connectivity index (χ4n) is 1.60. The molecule has 0 aliphatic rings. The van der Waals surface area contributed by atoms with Crippen LogP contribution in [0.25, 0.3) is 0 Å². The van der Waals surface area contributed by atoms with Gasteiger partial charge in [-0.3, -0.25) is 0 Å². The lowest BCUT2D eigenvalue weighted by molar-refractivity contribution is 0.131. The minimum Gasteiger partial charge on any atom is -0.492 e. The summed E-state index contributed by atoms with van der Waals surface area (Å²) >= 11 is 4.91. The molecule has 1 rings (SSSR count). The molecule has 1 aromatic carbocycles. The van der Waals surface area contributed by atoms with Gasteiger partial charge in [-0.1, -0.05) is 24.4 Å². The third-order valence-electron chi connectivity index (χ3n) is 2.44. The van der Waals surface area contributed by atoms with Crippen molar-refractivity contribution >= 4 is 17.2 Å². The maximum atomic E-state index is 9.23. The maximum Gasteiger partial charge on any atom is 0.120 e. The molecule has 1 aromatic rings. The predicted molar refractivity (Wildman–Crippen MR) is 77.0 cm³/mol. The molecule has 0 saturated heterocycles. The molecule has 0 aliphatic heterocycles. The summed E-state index contributed by atoms with van der Waals surface area (Å²) < 4.78 is 5.61. The SMILES string of the molecule is CC(O)CN(C)CCOc1cccc(C(N)=S)c1. The third-order valence-corrected chi connectivity index (χ3v) is 2.67. The molecule has 0 aliphatic carbocycles. The predicted octanol–water partition coefficient (Wildman–Crippen LogP) is 1.01. The number of nitrogens with zero attached hydrogens (tertiary/aromatic N) is 1. The topological polar surface area (TPSA) is 58.7 Å². The molecule has 100 valence electrons. The van der Waals surface area contributed by atoms with E-state index in [-0.39, 0.29) is 6.10 Å². The molecule has 5 heteroatoms. The lowest BCUT2D eigenvalue weighted by Gasteiger charge is -2.18. The average molecular weight is 268 g/mol. The number of rotatable bonds is 7. The molecule has 4 nitrogen and oxygen atoms in total. The monoisotopic (exact) mass is 268 g/mol. The first kappa shape index (κ1) is 14.9. The van der Waals surface area contributed by atoms with Gasteiger partial charge in [-0.2, -0.15) is 0 Å². The average Bonchev–Trinajstić information content (AvgIpc) is 2.28. The number of ether oxygens (including phenoxy) is 1. The number of aliphatic hydroxyl groups excluding tert-OH is 1. The maximum absolute atomic E-state index is 9.23. The number of hydrogen-bond acceptors (Lipinski definition) is 4. The van der Waals surface area contributed by atoms with E-state index in [1.54, 1.807) is 6.92 Å². The van der Waals surface area contributed by atoms with Crippen LogP contribution in [0.5, 0.6) is 5.75 Å². The number of nitrogens with two attached hydrogens (primary N) is 1. The van der Waals surface area contributed by atoms with Crippen LogP contribution in [-0.4, -0.2) is 47.8 Å². The van der Waals surface area contributed by atoms with Gasteiger partial charge < -0.3 is 20.5 Å². The van der Waals surface area contributed by atoms with Gasteiger partial charge in [0.25, 0.3) is 0 Å². The van der Waals surface area contributed by atoms with E-state index in [0.29, 0.717) is 18.1 Å². The highest BCUT2D eigenvalue weighted by molar-refractivity contribution is 7.80. The molecule has 0 bridgehead atoms. The summed E-state index contributed by atoms with van der Waals surface area (Å²) in [7, 11) is 1.95. The molecular formula is C13H20N2O2S. The number of likely N-dealkylation sites (N-methyl/N-ethyl adjacent to an activating group) is 1. The van der Waals surface area contributed by atoms with E-state index in [4.69, 9.17) is 22.7 Å². The molecule has 0 amide bonds. The van der Waals surface area contributed by atoms with Gasteiger partial charge in [0.15, 0.2) is 0 Å². The van der Waals surface area contributed by atoms with Crippen LogP contribution >= 0.6 is 12.2 Å². The van der Waals surface area contributed by atoms with Crippen molar-refractivity contribution in [2.45, 2.75) is 13.0 Å². The molecule has 0 radical (unpaired) electrons. The quantitative estimate of drug-likeness (QED) is 0.723. The van der Waals surface area contributed by atoms with Crippen molar-refractivity contribution in [1.82, 2.24) is 4.90 Å². The van der Waals surface area contributed by atoms with Crippen LogP contribution in [0.2, 0.25) is 0 Å². The van der Waals surface area contributed by atoms with Gasteiger partial charge in [-0.15, -0.1) is 0 Å². The van der Waals surface area contributed by atoms with Crippen molar-refractivity contribution in [3.05, 3.63) is 29.8 Å². The molecular weight excluding hydrogens is 248 g/mol. The summed E-state index contributed by atoms with van der Waals surface area (Å²) in [6.45, 7) is 3.71. The number of benzene rings is 1. The lowest BCUT2D eigenvalue weighted by Crippen LogP contribution is -2.30. The highest BCUT2D eigenvalue weighted by Crippen LogP contribution is 2.13. The molecule has 0 heterocycles. The van der Waals surface area contributed by atoms with Gasteiger partial charge in [0.2, 0.25) is 0 Å². The summed E-state index contributed by atoms with van der Waals surface area (Å²) in [5, 5.41) is 9.23. The van der Waals surface area contributed by atoms with Gasteiger partial charge in [-0.05, 0) is 26.1 Å². The van der Waals surface area contributed by atoms with Crippen LogP contribution in [0, 0.1) is 0 Å². The Hall–Kier alpha value is -1.17. The minimum absolute atomic E-state index is 0.326. The van der Waals surface area contributed by atoms with Crippen LogP contribution in [0.15, 0.2) is 24.3 Å². The van der Waals surface area contributed by atoms with Crippen molar-refractivity contribution in [3.8, 4) is 5.75 Å². The molecule has 18 heavy (non-hydrogen) atoms. The first-order valence-corrected chi connectivity index (χ1v) is 6.29. The van der Waals surface area contributed by atoms with Crippen LogP contribution < -0.4 is 10.5 Å². The number of aliphatic hydroxyl groups is 1. The first-order valence-electron chi connectivity index (χ1n) is 5.88. The first-order chi connectivity index (χ1) is 8.49. The van der Waals surface area contributed by atoms with E-state index in [1.807, 2.05) is 36.2 Å². The molecule has 0 aromatic heterocycles. The van der Waals surface area contributed by atoms with Crippen molar-refractivity contribution in [3.63, 3.8) is 0 Å². The van der Waals surface area contributed by atoms with Crippen molar-refractivity contribution in [2.75, 3.05) is 26.7 Å². The smallest absolute Gasteiger partial charge is 0.120 e. The fraction of sp³-hybridized carbons (Fsp3) is 0.462. The molecule has 0 fully saturated rings. The standard InChI is InChI=1S/C13H20N2O2S/c1-10(16)9-15(2)6-7-17-12-5-3-4-11(8-12)13(14)18/h3-5,8,10,16H,6-7,9H2,1-2H3,(H2,14,18). The van der Waals surface area contributed by atoms with Gasteiger partial charge in [0.05, 0.1) is 6.10 Å². The van der Waals surface area contributed by atoms with Gasteiger partial charge in [0, 0.05) is 18.7 Å². The second-order valence-corrected chi connectivity index (χ2v) is 4.79. The Labute approximate surface area is 113 Å². The second kappa shape index (κ2) is 7.31. The Morgan fingerprint density at radius 2 is 2.28 bits per heavy atom. The van der Waals surface area contributed by atoms with E-state index >= 15 is 0 Å². The van der Waals surface area contributed by atoms with E-state index in [0.717, 1.165) is 17.9 Å². The second-order valence-electron chi connectivity index (χ2n) is 4.35. The molecule has 0 spiro atoms. The minimum atomic E-state index is -0.326. The Morgan fingerprint density at radius 3 is 2.89 bits per heavy atom. The normalized spacial score (nSPS) is 12.4. The highest BCUT2D eigenvalue weighted by atomic mass is 32.1. The number of thiocarbonyl (C=S) groups is 1. The van der Waals surface area contributed by atoms with Gasteiger partial charge in [-0.25, -0.2) is 0 Å².